The molecule has 0 fully saturated rings. The van der Waals surface area contributed by atoms with Crippen molar-refractivity contribution >= 4 is 0 Å². The molecule has 3 heteroatoms. The molecular weight excluding hydrogens is 262 g/mol. The predicted octanol–water partition coefficient (Wildman–Crippen LogP) is 3.30. The highest BCUT2D eigenvalue weighted by Gasteiger charge is 2.17. The van der Waals surface area contributed by atoms with E-state index in [1.54, 1.807) is 0 Å². The second kappa shape index (κ2) is 7.81. The number of hydrogen-bond acceptors (Lipinski definition) is 3. The van der Waals surface area contributed by atoms with Gasteiger partial charge in [0.25, 0.3) is 0 Å². The first-order valence-electron chi connectivity index (χ1n) is 7.32. The van der Waals surface area contributed by atoms with E-state index in [4.69, 9.17) is 4.74 Å². The third kappa shape index (κ3) is 4.31. The SMILES string of the molecule is CNC(C)CC(Oc1ccccc1CO)c1ccccc1. The summed E-state index contributed by atoms with van der Waals surface area (Å²) in [6.45, 7) is 2.12. The van der Waals surface area contributed by atoms with Gasteiger partial charge in [0.15, 0.2) is 0 Å². The fourth-order valence-electron chi connectivity index (χ4n) is 2.26. The quantitative estimate of drug-likeness (QED) is 0.820. The lowest BCUT2D eigenvalue weighted by Gasteiger charge is -2.24. The van der Waals surface area contributed by atoms with E-state index in [0.29, 0.717) is 6.04 Å². The van der Waals surface area contributed by atoms with Crippen LogP contribution in [0.5, 0.6) is 5.75 Å². The van der Waals surface area contributed by atoms with Gasteiger partial charge in [-0.15, -0.1) is 0 Å². The Labute approximate surface area is 126 Å². The molecule has 0 radical (unpaired) electrons. The summed E-state index contributed by atoms with van der Waals surface area (Å²) in [5.74, 6) is 0.747. The molecule has 0 bridgehead atoms. The van der Waals surface area contributed by atoms with Gasteiger partial charge in [0.2, 0.25) is 0 Å². The van der Waals surface area contributed by atoms with Crippen LogP contribution in [-0.2, 0) is 6.61 Å². The largest absolute Gasteiger partial charge is 0.485 e. The Bertz CT molecular complexity index is 542. The van der Waals surface area contributed by atoms with E-state index in [1.807, 2.05) is 49.5 Å². The van der Waals surface area contributed by atoms with Crippen LogP contribution in [0.15, 0.2) is 54.6 Å². The molecule has 0 aliphatic carbocycles. The Morgan fingerprint density at radius 2 is 1.71 bits per heavy atom. The van der Waals surface area contributed by atoms with Gasteiger partial charge in [-0.2, -0.15) is 0 Å². The Kier molecular flexibility index (Phi) is 5.78. The molecule has 0 amide bonds. The standard InChI is InChI=1S/C18H23NO2/c1-14(19-2)12-18(15-8-4-3-5-9-15)21-17-11-7-6-10-16(17)13-20/h3-11,14,18-20H,12-13H2,1-2H3. The molecule has 2 unspecified atom stereocenters. The van der Waals surface area contributed by atoms with Crippen molar-refractivity contribution in [2.75, 3.05) is 7.05 Å². The van der Waals surface area contributed by atoms with E-state index >= 15 is 0 Å². The number of benzene rings is 2. The minimum Gasteiger partial charge on any atom is -0.485 e. The maximum atomic E-state index is 9.44. The first kappa shape index (κ1) is 15.5. The molecule has 2 N–H and O–H groups in total. The Morgan fingerprint density at radius 1 is 1.05 bits per heavy atom. The van der Waals surface area contributed by atoms with Crippen molar-refractivity contribution in [1.29, 1.82) is 0 Å². The number of nitrogens with one attached hydrogen (secondary N) is 1. The number of ether oxygens (including phenoxy) is 1. The van der Waals surface area contributed by atoms with Gasteiger partial charge in [-0.1, -0.05) is 48.5 Å². The van der Waals surface area contributed by atoms with Gasteiger partial charge in [0.05, 0.1) is 6.61 Å². The zero-order chi connectivity index (χ0) is 15.1. The topological polar surface area (TPSA) is 41.5 Å². The van der Waals surface area contributed by atoms with Crippen LogP contribution in [0.25, 0.3) is 0 Å². The number of aliphatic hydroxyl groups excluding tert-OH is 1. The van der Waals surface area contributed by atoms with Crippen LogP contribution in [-0.4, -0.2) is 18.2 Å². The summed E-state index contributed by atoms with van der Waals surface area (Å²) in [7, 11) is 1.95. The smallest absolute Gasteiger partial charge is 0.125 e. The molecule has 0 aliphatic rings. The van der Waals surface area contributed by atoms with Crippen LogP contribution in [0.1, 0.15) is 30.6 Å². The van der Waals surface area contributed by atoms with E-state index in [1.165, 1.54) is 0 Å². The lowest BCUT2D eigenvalue weighted by Crippen LogP contribution is -2.25. The summed E-state index contributed by atoms with van der Waals surface area (Å²) in [6.07, 6.45) is 0.821. The van der Waals surface area contributed by atoms with Gasteiger partial charge in [0.1, 0.15) is 11.9 Å². The fraction of sp³-hybridized carbons (Fsp3) is 0.333. The summed E-state index contributed by atoms with van der Waals surface area (Å²) >= 11 is 0. The van der Waals surface area contributed by atoms with Crippen molar-refractivity contribution in [2.45, 2.75) is 32.1 Å². The third-order valence-corrected chi connectivity index (χ3v) is 3.64. The van der Waals surface area contributed by atoms with Crippen LogP contribution < -0.4 is 10.1 Å². The molecule has 2 aromatic carbocycles. The average Bonchev–Trinajstić information content (AvgIpc) is 2.55. The van der Waals surface area contributed by atoms with Gasteiger partial charge >= 0.3 is 0 Å². The predicted molar refractivity (Wildman–Crippen MR) is 85.3 cm³/mol. The van der Waals surface area contributed by atoms with Crippen molar-refractivity contribution in [2.24, 2.45) is 0 Å². The monoisotopic (exact) mass is 285 g/mol. The molecule has 0 spiro atoms. The van der Waals surface area contributed by atoms with E-state index in [-0.39, 0.29) is 12.7 Å². The van der Waals surface area contributed by atoms with Crippen molar-refractivity contribution < 1.29 is 9.84 Å². The van der Waals surface area contributed by atoms with Crippen LogP contribution in [0, 0.1) is 0 Å². The Balaban J connectivity index is 2.23. The molecule has 2 aromatic rings. The molecular formula is C18H23NO2. The van der Waals surface area contributed by atoms with E-state index in [0.717, 1.165) is 23.3 Å². The third-order valence-electron chi connectivity index (χ3n) is 3.64. The lowest BCUT2D eigenvalue weighted by atomic mass is 10.0. The molecule has 21 heavy (non-hydrogen) atoms. The molecule has 112 valence electrons. The molecule has 3 nitrogen and oxygen atoms in total. The number of hydrogen-bond donors (Lipinski definition) is 2. The highest BCUT2D eigenvalue weighted by atomic mass is 16.5. The minimum atomic E-state index is -0.0404. The zero-order valence-electron chi connectivity index (χ0n) is 12.6. The Hall–Kier alpha value is -1.84. The molecule has 0 heterocycles. The maximum Gasteiger partial charge on any atom is 0.125 e. The van der Waals surface area contributed by atoms with Gasteiger partial charge < -0.3 is 15.2 Å². The van der Waals surface area contributed by atoms with Gasteiger partial charge in [-0.25, -0.2) is 0 Å². The van der Waals surface area contributed by atoms with Gasteiger partial charge in [-0.3, -0.25) is 0 Å². The molecule has 2 rings (SSSR count). The number of para-hydroxylation sites is 1. The van der Waals surface area contributed by atoms with Gasteiger partial charge in [0, 0.05) is 18.0 Å². The Morgan fingerprint density at radius 3 is 2.38 bits per heavy atom. The molecule has 0 saturated carbocycles. The van der Waals surface area contributed by atoms with Crippen molar-refractivity contribution in [3.05, 3.63) is 65.7 Å². The summed E-state index contributed by atoms with van der Waals surface area (Å²) < 4.78 is 6.20. The van der Waals surface area contributed by atoms with Crippen LogP contribution in [0.2, 0.25) is 0 Å². The second-order valence-electron chi connectivity index (χ2n) is 5.21. The van der Waals surface area contributed by atoms with Crippen molar-refractivity contribution in [3.8, 4) is 5.75 Å². The first-order valence-corrected chi connectivity index (χ1v) is 7.32. The minimum absolute atomic E-state index is 0.0146. The van der Waals surface area contributed by atoms with Crippen molar-refractivity contribution in [3.63, 3.8) is 0 Å². The second-order valence-corrected chi connectivity index (χ2v) is 5.21. The summed E-state index contributed by atoms with van der Waals surface area (Å²) in [5.41, 5.74) is 1.96. The highest BCUT2D eigenvalue weighted by molar-refractivity contribution is 5.33. The van der Waals surface area contributed by atoms with Crippen LogP contribution in [0.4, 0.5) is 0 Å². The first-order chi connectivity index (χ1) is 10.2. The van der Waals surface area contributed by atoms with E-state index < -0.39 is 0 Å². The summed E-state index contributed by atoms with van der Waals surface area (Å²) in [6, 6.07) is 18.2. The van der Waals surface area contributed by atoms with E-state index in [2.05, 4.69) is 24.4 Å². The lowest BCUT2D eigenvalue weighted by molar-refractivity contribution is 0.175. The molecule has 2 atom stereocenters. The highest BCUT2D eigenvalue weighted by Crippen LogP contribution is 2.28. The van der Waals surface area contributed by atoms with Gasteiger partial charge in [-0.05, 0) is 25.6 Å². The fourth-order valence-corrected chi connectivity index (χ4v) is 2.26. The summed E-state index contributed by atoms with van der Waals surface area (Å²) in [5, 5.41) is 12.7. The molecule has 0 aromatic heterocycles. The molecule has 0 saturated heterocycles. The average molecular weight is 285 g/mol. The summed E-state index contributed by atoms with van der Waals surface area (Å²) in [4.78, 5) is 0. The number of aliphatic hydroxyl groups is 1. The maximum absolute atomic E-state index is 9.44. The number of rotatable bonds is 7. The zero-order valence-corrected chi connectivity index (χ0v) is 12.6. The van der Waals surface area contributed by atoms with Crippen molar-refractivity contribution in [1.82, 2.24) is 5.32 Å². The van der Waals surface area contributed by atoms with E-state index in [9.17, 15) is 5.11 Å². The normalized spacial score (nSPS) is 13.7. The van der Waals surface area contributed by atoms with Crippen LogP contribution in [0.3, 0.4) is 0 Å². The molecule has 0 aliphatic heterocycles. The van der Waals surface area contributed by atoms with Crippen LogP contribution >= 0.6 is 0 Å².